The highest BCUT2D eigenvalue weighted by atomic mass is 19.2. The monoisotopic (exact) mass is 535 g/mol. The Labute approximate surface area is 224 Å². The molecule has 0 spiro atoms. The van der Waals surface area contributed by atoms with E-state index >= 15 is 0 Å². The van der Waals surface area contributed by atoms with E-state index in [1.54, 1.807) is 17.0 Å². The molecule has 0 unspecified atom stereocenters. The minimum atomic E-state index is -1.26. The number of carbonyl (C=O) groups excluding carboxylic acids is 3. The normalized spacial score (nSPS) is 15.1. The number of halogens is 3. The number of hydrogen-bond donors (Lipinski definition) is 0. The van der Waals surface area contributed by atoms with Crippen molar-refractivity contribution in [2.75, 3.05) is 24.5 Å². The molecule has 202 valence electrons. The van der Waals surface area contributed by atoms with Crippen LogP contribution >= 0.6 is 0 Å². The number of hydrogen-bond acceptors (Lipinski definition) is 3. The Hall–Kier alpha value is -4.14. The van der Waals surface area contributed by atoms with Crippen LogP contribution in [-0.4, -0.2) is 47.2 Å². The van der Waals surface area contributed by atoms with Gasteiger partial charge < -0.3 is 14.7 Å². The van der Waals surface area contributed by atoms with Crippen LogP contribution in [0.2, 0.25) is 0 Å². The maximum absolute atomic E-state index is 14.0. The van der Waals surface area contributed by atoms with Crippen LogP contribution < -0.4 is 4.90 Å². The fraction of sp³-hybridized carbons (Fsp3) is 0.300. The second-order valence-electron chi connectivity index (χ2n) is 9.90. The lowest BCUT2D eigenvalue weighted by atomic mass is 10.00. The van der Waals surface area contributed by atoms with E-state index in [1.165, 1.54) is 15.4 Å². The molecule has 39 heavy (non-hydrogen) atoms. The largest absolute Gasteiger partial charge is 0.336 e. The Morgan fingerprint density at radius 1 is 0.744 bits per heavy atom. The average Bonchev–Trinajstić information content (AvgIpc) is 3.07. The molecule has 3 amide bonds. The number of amides is 3. The summed E-state index contributed by atoms with van der Waals surface area (Å²) in [5.74, 6) is -4.12. The molecule has 5 rings (SSSR count). The van der Waals surface area contributed by atoms with Crippen molar-refractivity contribution in [2.24, 2.45) is 0 Å². The lowest BCUT2D eigenvalue weighted by Crippen LogP contribution is -2.47. The van der Waals surface area contributed by atoms with E-state index in [1.807, 2.05) is 30.3 Å². The van der Waals surface area contributed by atoms with Gasteiger partial charge in [0.05, 0.1) is 0 Å². The number of aryl methyl sites for hydroxylation is 1. The van der Waals surface area contributed by atoms with Crippen LogP contribution in [0.3, 0.4) is 0 Å². The highest BCUT2D eigenvalue weighted by molar-refractivity contribution is 6.02. The Morgan fingerprint density at radius 2 is 1.41 bits per heavy atom. The molecule has 2 heterocycles. The third-order valence-electron chi connectivity index (χ3n) is 7.33. The maximum atomic E-state index is 14.0. The third kappa shape index (κ3) is 5.82. The molecule has 0 saturated carbocycles. The van der Waals surface area contributed by atoms with Gasteiger partial charge in [0.15, 0.2) is 11.6 Å². The first-order valence-corrected chi connectivity index (χ1v) is 12.9. The first-order chi connectivity index (χ1) is 18.8. The molecule has 2 aliphatic heterocycles. The van der Waals surface area contributed by atoms with Crippen molar-refractivity contribution in [3.63, 3.8) is 0 Å². The van der Waals surface area contributed by atoms with Crippen LogP contribution in [0.4, 0.5) is 18.9 Å². The molecule has 9 heteroatoms. The quantitative estimate of drug-likeness (QED) is 0.440. The van der Waals surface area contributed by atoms with Crippen LogP contribution in [0.5, 0.6) is 0 Å². The van der Waals surface area contributed by atoms with Gasteiger partial charge in [-0.2, -0.15) is 0 Å². The molecule has 6 nitrogen and oxygen atoms in total. The summed E-state index contributed by atoms with van der Waals surface area (Å²) in [6.45, 7) is 0.908. The van der Waals surface area contributed by atoms with Gasteiger partial charge in [-0.1, -0.05) is 42.5 Å². The number of nitrogens with zero attached hydrogens (tertiary/aromatic N) is 3. The van der Waals surface area contributed by atoms with Crippen LogP contribution in [-0.2, 0) is 40.3 Å². The molecular formula is C30H28F3N3O3. The van der Waals surface area contributed by atoms with Gasteiger partial charge in [0.2, 0.25) is 17.7 Å². The van der Waals surface area contributed by atoms with Gasteiger partial charge in [-0.05, 0) is 53.6 Å². The zero-order valence-electron chi connectivity index (χ0n) is 21.3. The highest BCUT2D eigenvalue weighted by Gasteiger charge is 2.31. The summed E-state index contributed by atoms with van der Waals surface area (Å²) in [4.78, 5) is 44.3. The summed E-state index contributed by atoms with van der Waals surface area (Å²) >= 11 is 0. The molecule has 0 aliphatic carbocycles. The SMILES string of the molecule is O=C(CN1C(=O)CN(C(=O)CCCc2cc(F)c(F)cc2F)Cc2ccccc21)N1CCc2ccccc2C1. The van der Waals surface area contributed by atoms with Crippen LogP contribution in [0.15, 0.2) is 60.7 Å². The standard InChI is InChI=1S/C30H28F3N3O3/c31-24-15-26(33)25(32)14-21(24)9-5-11-28(37)35-17-23-8-3-4-10-27(23)36(30(39)18-35)19-29(38)34-13-12-20-6-1-2-7-22(20)16-34/h1-4,6-8,10,14-15H,5,9,11-13,16-19H2. The number of benzene rings is 3. The van der Waals surface area contributed by atoms with Gasteiger partial charge in [-0.25, -0.2) is 13.2 Å². The minimum Gasteiger partial charge on any atom is -0.336 e. The Morgan fingerprint density at radius 3 is 2.21 bits per heavy atom. The van der Waals surface area contributed by atoms with Crippen LogP contribution in [0.25, 0.3) is 0 Å². The van der Waals surface area contributed by atoms with E-state index in [0.717, 1.165) is 23.6 Å². The maximum Gasteiger partial charge on any atom is 0.247 e. The van der Waals surface area contributed by atoms with E-state index in [0.29, 0.717) is 24.8 Å². The molecule has 0 bridgehead atoms. The number of para-hydroxylation sites is 1. The van der Waals surface area contributed by atoms with Crippen LogP contribution in [0, 0.1) is 17.5 Å². The zero-order valence-corrected chi connectivity index (χ0v) is 21.3. The Bertz CT molecular complexity index is 1430. The number of rotatable bonds is 6. The van der Waals surface area contributed by atoms with E-state index in [2.05, 4.69) is 6.07 Å². The molecule has 3 aromatic rings. The van der Waals surface area contributed by atoms with Gasteiger partial charge in [0.1, 0.15) is 18.9 Å². The summed E-state index contributed by atoms with van der Waals surface area (Å²) in [6.07, 6.45) is 1.00. The summed E-state index contributed by atoms with van der Waals surface area (Å²) in [5.41, 5.74) is 3.63. The van der Waals surface area contributed by atoms with Crippen molar-refractivity contribution in [2.45, 2.75) is 38.8 Å². The van der Waals surface area contributed by atoms with Gasteiger partial charge >= 0.3 is 0 Å². The van der Waals surface area contributed by atoms with Gasteiger partial charge in [-0.3, -0.25) is 14.4 Å². The molecule has 0 atom stereocenters. The number of carbonyl (C=O) groups is 3. The summed E-state index contributed by atoms with van der Waals surface area (Å²) in [7, 11) is 0. The van der Waals surface area contributed by atoms with E-state index in [-0.39, 0.29) is 62.2 Å². The second kappa shape index (κ2) is 11.3. The van der Waals surface area contributed by atoms with Gasteiger partial charge in [0, 0.05) is 37.8 Å². The van der Waals surface area contributed by atoms with Crippen molar-refractivity contribution < 1.29 is 27.6 Å². The van der Waals surface area contributed by atoms with E-state index < -0.39 is 17.5 Å². The predicted octanol–water partition coefficient (Wildman–Crippen LogP) is 4.39. The zero-order chi connectivity index (χ0) is 27.5. The smallest absolute Gasteiger partial charge is 0.247 e. The average molecular weight is 536 g/mol. The molecular weight excluding hydrogens is 507 g/mol. The molecule has 0 radical (unpaired) electrons. The van der Waals surface area contributed by atoms with E-state index in [4.69, 9.17) is 0 Å². The van der Waals surface area contributed by atoms with Crippen LogP contribution in [0.1, 0.15) is 35.1 Å². The second-order valence-corrected chi connectivity index (χ2v) is 9.90. The van der Waals surface area contributed by atoms with Crippen molar-refractivity contribution in [1.82, 2.24) is 9.80 Å². The number of fused-ring (bicyclic) bond motifs is 2. The lowest BCUT2D eigenvalue weighted by Gasteiger charge is -2.31. The van der Waals surface area contributed by atoms with Crippen molar-refractivity contribution in [1.29, 1.82) is 0 Å². The van der Waals surface area contributed by atoms with Gasteiger partial charge in [0.25, 0.3) is 0 Å². The molecule has 0 aromatic heterocycles. The molecule has 2 aliphatic rings. The van der Waals surface area contributed by atoms with Gasteiger partial charge in [-0.15, -0.1) is 0 Å². The summed E-state index contributed by atoms with van der Waals surface area (Å²) in [6, 6.07) is 16.5. The third-order valence-corrected chi connectivity index (χ3v) is 7.33. The molecule has 3 aromatic carbocycles. The molecule has 0 N–H and O–H groups in total. The fourth-order valence-electron chi connectivity index (χ4n) is 5.19. The molecule has 0 fully saturated rings. The predicted molar refractivity (Wildman–Crippen MR) is 139 cm³/mol. The molecule has 0 saturated heterocycles. The highest BCUT2D eigenvalue weighted by Crippen LogP contribution is 2.27. The first kappa shape index (κ1) is 26.5. The number of anilines is 1. The Kier molecular flexibility index (Phi) is 7.67. The van der Waals surface area contributed by atoms with E-state index in [9.17, 15) is 27.6 Å². The van der Waals surface area contributed by atoms with Crippen molar-refractivity contribution >= 4 is 23.4 Å². The lowest BCUT2D eigenvalue weighted by molar-refractivity contribution is -0.136. The fourth-order valence-corrected chi connectivity index (χ4v) is 5.19. The summed E-state index contributed by atoms with van der Waals surface area (Å²) in [5, 5.41) is 0. The van der Waals surface area contributed by atoms with Crippen molar-refractivity contribution in [3.05, 3.63) is 100 Å². The minimum absolute atomic E-state index is 0.000000305. The first-order valence-electron chi connectivity index (χ1n) is 12.9. The summed E-state index contributed by atoms with van der Waals surface area (Å²) < 4.78 is 40.6. The Balaban J connectivity index is 1.25. The van der Waals surface area contributed by atoms with Crippen molar-refractivity contribution in [3.8, 4) is 0 Å². The topological polar surface area (TPSA) is 60.9 Å².